The number of hydrogen-bond acceptors (Lipinski definition) is 15. The number of phosphoric acid groups is 2. The fraction of sp³-hybridized carbons (Fsp3) is 0.939. The molecule has 3 unspecified atom stereocenters. The summed E-state index contributed by atoms with van der Waals surface area (Å²) in [5, 5.41) is 10.6. The molecule has 0 radical (unpaired) electrons. The maximum Gasteiger partial charge on any atom is 0.472 e. The number of carbonyl (C=O) groups is 4. The SMILES string of the molecule is CCCCCCCCCCCC(=O)OC[C@H](COP(=O)(O)OC[C@H](O)COP(=O)(O)OC[C@@H](COC(=O)CCCCCCCCCCCC(C)C)OC(=O)CCCCCCCCCCCC(C)C)OC(=O)CCCCCCCCCCC(C)CC. The third-order valence-corrected chi connectivity index (χ3v) is 17.4. The third kappa shape index (κ3) is 59.5. The highest BCUT2D eigenvalue weighted by Crippen LogP contribution is 2.45. The van der Waals surface area contributed by atoms with Gasteiger partial charge < -0.3 is 33.8 Å². The van der Waals surface area contributed by atoms with Crippen LogP contribution in [0.2, 0.25) is 0 Å². The fourth-order valence-electron chi connectivity index (χ4n) is 9.80. The van der Waals surface area contributed by atoms with Crippen LogP contribution in [0.4, 0.5) is 0 Å². The Balaban J connectivity index is 5.26. The zero-order chi connectivity index (χ0) is 63.1. The van der Waals surface area contributed by atoms with E-state index >= 15 is 0 Å². The number of unbranched alkanes of at least 4 members (excludes halogenated alkanes) is 31. The van der Waals surface area contributed by atoms with Crippen molar-refractivity contribution in [2.45, 2.75) is 343 Å². The van der Waals surface area contributed by atoms with Crippen molar-refractivity contribution in [3.05, 3.63) is 0 Å². The van der Waals surface area contributed by atoms with E-state index in [4.69, 9.17) is 37.0 Å². The number of hydrogen-bond donors (Lipinski definition) is 3. The molecule has 0 aliphatic carbocycles. The molecule has 0 aromatic heterocycles. The zero-order valence-electron chi connectivity index (χ0n) is 55.1. The van der Waals surface area contributed by atoms with E-state index in [0.717, 1.165) is 108 Å². The van der Waals surface area contributed by atoms with E-state index in [0.29, 0.717) is 25.7 Å². The summed E-state index contributed by atoms with van der Waals surface area (Å²) < 4.78 is 68.1. The van der Waals surface area contributed by atoms with E-state index in [1.165, 1.54) is 135 Å². The minimum atomic E-state index is -4.95. The number of ether oxygens (including phenoxy) is 4. The molecule has 0 bridgehead atoms. The van der Waals surface area contributed by atoms with Crippen LogP contribution in [-0.2, 0) is 65.4 Å². The fourth-order valence-corrected chi connectivity index (χ4v) is 11.4. The molecular weight excluding hydrogens is 1130 g/mol. The lowest BCUT2D eigenvalue weighted by Crippen LogP contribution is -2.30. The van der Waals surface area contributed by atoms with Crippen LogP contribution >= 0.6 is 15.6 Å². The van der Waals surface area contributed by atoms with Crippen molar-refractivity contribution < 1.29 is 80.2 Å². The first kappa shape index (κ1) is 83.1. The van der Waals surface area contributed by atoms with Crippen LogP contribution in [-0.4, -0.2) is 96.7 Å². The first-order valence-corrected chi connectivity index (χ1v) is 37.4. The van der Waals surface area contributed by atoms with Gasteiger partial charge in [0.15, 0.2) is 12.2 Å². The van der Waals surface area contributed by atoms with Crippen LogP contribution in [0.1, 0.15) is 325 Å². The van der Waals surface area contributed by atoms with Gasteiger partial charge in [0.1, 0.15) is 19.3 Å². The maximum absolute atomic E-state index is 13.0. The lowest BCUT2D eigenvalue weighted by Gasteiger charge is -2.21. The Bertz CT molecular complexity index is 1680. The molecule has 0 spiro atoms. The molecule has 0 saturated carbocycles. The summed E-state index contributed by atoms with van der Waals surface area (Å²) in [4.78, 5) is 72.3. The van der Waals surface area contributed by atoms with Crippen molar-refractivity contribution in [2.75, 3.05) is 39.6 Å². The van der Waals surface area contributed by atoms with Crippen molar-refractivity contribution in [3.8, 4) is 0 Å². The molecule has 0 amide bonds. The summed E-state index contributed by atoms with van der Waals surface area (Å²) in [5.41, 5.74) is 0. The molecule has 85 heavy (non-hydrogen) atoms. The molecule has 6 atom stereocenters. The molecular formula is C66H128O17P2. The Labute approximate surface area is 517 Å². The molecule has 0 aliphatic heterocycles. The van der Waals surface area contributed by atoms with Crippen molar-refractivity contribution in [2.24, 2.45) is 17.8 Å². The number of aliphatic hydroxyl groups is 1. The van der Waals surface area contributed by atoms with Crippen LogP contribution in [0.15, 0.2) is 0 Å². The number of aliphatic hydroxyl groups excluding tert-OH is 1. The molecule has 0 aliphatic rings. The molecule has 0 aromatic rings. The van der Waals surface area contributed by atoms with Crippen LogP contribution in [0.25, 0.3) is 0 Å². The van der Waals surface area contributed by atoms with E-state index in [-0.39, 0.29) is 25.7 Å². The predicted octanol–water partition coefficient (Wildman–Crippen LogP) is 18.3. The highest BCUT2D eigenvalue weighted by molar-refractivity contribution is 7.47. The molecule has 0 heterocycles. The normalized spacial score (nSPS) is 14.6. The van der Waals surface area contributed by atoms with Gasteiger partial charge in [0.2, 0.25) is 0 Å². The van der Waals surface area contributed by atoms with Crippen molar-refractivity contribution >= 4 is 39.5 Å². The lowest BCUT2D eigenvalue weighted by atomic mass is 9.99. The van der Waals surface area contributed by atoms with Gasteiger partial charge in [-0.15, -0.1) is 0 Å². The summed E-state index contributed by atoms with van der Waals surface area (Å²) in [6.07, 6.45) is 38.9. The molecule has 0 saturated heterocycles. The van der Waals surface area contributed by atoms with E-state index in [2.05, 4.69) is 48.5 Å². The number of carbonyl (C=O) groups excluding carboxylic acids is 4. The van der Waals surface area contributed by atoms with Crippen LogP contribution in [0.5, 0.6) is 0 Å². The second kappa shape index (κ2) is 57.2. The smallest absolute Gasteiger partial charge is 0.462 e. The summed E-state index contributed by atoms with van der Waals surface area (Å²) in [6, 6.07) is 0. The molecule has 19 heteroatoms. The molecule has 3 N–H and O–H groups in total. The predicted molar refractivity (Wildman–Crippen MR) is 340 cm³/mol. The van der Waals surface area contributed by atoms with Gasteiger partial charge in [-0.05, 0) is 43.4 Å². The quantitative estimate of drug-likeness (QED) is 0.0222. The van der Waals surface area contributed by atoms with Gasteiger partial charge in [-0.25, -0.2) is 9.13 Å². The van der Waals surface area contributed by atoms with Gasteiger partial charge in [-0.2, -0.15) is 0 Å². The first-order valence-electron chi connectivity index (χ1n) is 34.4. The van der Waals surface area contributed by atoms with Gasteiger partial charge in [-0.3, -0.25) is 37.3 Å². The number of phosphoric ester groups is 2. The summed E-state index contributed by atoms with van der Waals surface area (Å²) in [6.45, 7) is 11.8. The number of esters is 4. The van der Waals surface area contributed by atoms with Crippen molar-refractivity contribution in [3.63, 3.8) is 0 Å². The van der Waals surface area contributed by atoms with Gasteiger partial charge in [0.25, 0.3) is 0 Å². The minimum absolute atomic E-state index is 0.104. The summed E-state index contributed by atoms with van der Waals surface area (Å²) >= 11 is 0. The summed E-state index contributed by atoms with van der Waals surface area (Å²) in [5.74, 6) is 0.115. The average molecular weight is 1260 g/mol. The standard InChI is InChI=1S/C66H128O17P2/c1-8-10-11-12-13-16-26-33-40-47-63(68)76-53-62(83-66(71)50-43-36-29-22-21-25-32-39-46-59(7)9-2)56-81-85(74,75)79-52-60(67)51-78-84(72,73)80-55-61(82-65(70)49-42-35-28-20-15-18-24-31-38-45-58(5)6)54-77-64(69)48-41-34-27-19-14-17-23-30-37-44-57(3)4/h57-62,67H,8-56H2,1-7H3,(H,72,73)(H,74,75)/t59?,60-,61-,62-/m1/s1. The molecule has 0 rings (SSSR count). The molecule has 17 nitrogen and oxygen atoms in total. The molecule has 0 fully saturated rings. The molecule has 504 valence electrons. The maximum atomic E-state index is 13.0. The van der Waals surface area contributed by atoms with Crippen LogP contribution in [0.3, 0.4) is 0 Å². The van der Waals surface area contributed by atoms with Crippen LogP contribution < -0.4 is 0 Å². The van der Waals surface area contributed by atoms with Crippen molar-refractivity contribution in [1.82, 2.24) is 0 Å². The van der Waals surface area contributed by atoms with E-state index in [1.807, 2.05) is 0 Å². The number of rotatable bonds is 64. The van der Waals surface area contributed by atoms with E-state index < -0.39 is 97.5 Å². The van der Waals surface area contributed by atoms with Gasteiger partial charge in [0.05, 0.1) is 26.4 Å². The average Bonchev–Trinajstić information content (AvgIpc) is 3.55. The van der Waals surface area contributed by atoms with Crippen molar-refractivity contribution in [1.29, 1.82) is 0 Å². The van der Waals surface area contributed by atoms with Gasteiger partial charge >= 0.3 is 39.5 Å². The second-order valence-electron chi connectivity index (χ2n) is 25.1. The van der Waals surface area contributed by atoms with Crippen LogP contribution in [0, 0.1) is 17.8 Å². The Kier molecular flexibility index (Phi) is 55.9. The van der Waals surface area contributed by atoms with E-state index in [9.17, 15) is 43.2 Å². The Morgan fingerprint density at radius 1 is 0.341 bits per heavy atom. The highest BCUT2D eigenvalue weighted by atomic mass is 31.2. The largest absolute Gasteiger partial charge is 0.472 e. The van der Waals surface area contributed by atoms with Gasteiger partial charge in [-0.1, -0.05) is 273 Å². The second-order valence-corrected chi connectivity index (χ2v) is 28.0. The summed E-state index contributed by atoms with van der Waals surface area (Å²) in [7, 11) is -9.89. The third-order valence-electron chi connectivity index (χ3n) is 15.5. The van der Waals surface area contributed by atoms with Gasteiger partial charge in [0, 0.05) is 25.7 Å². The Morgan fingerprint density at radius 3 is 0.894 bits per heavy atom. The minimum Gasteiger partial charge on any atom is -0.462 e. The Hall–Kier alpha value is -1.94. The Morgan fingerprint density at radius 2 is 0.600 bits per heavy atom. The first-order chi connectivity index (χ1) is 40.8. The monoisotopic (exact) mass is 1250 g/mol. The molecule has 0 aromatic carbocycles. The topological polar surface area (TPSA) is 237 Å². The lowest BCUT2D eigenvalue weighted by molar-refractivity contribution is -0.161. The zero-order valence-corrected chi connectivity index (χ0v) is 56.9. The van der Waals surface area contributed by atoms with E-state index in [1.54, 1.807) is 0 Å². The highest BCUT2D eigenvalue weighted by Gasteiger charge is 2.30.